The summed E-state index contributed by atoms with van der Waals surface area (Å²) in [6.45, 7) is 0.00917. The van der Waals surface area contributed by atoms with Crippen LogP contribution in [0.4, 0.5) is 15.8 Å². The van der Waals surface area contributed by atoms with Crippen LogP contribution in [0.25, 0.3) is 0 Å². The second kappa shape index (κ2) is 5.93. The van der Waals surface area contributed by atoms with Crippen molar-refractivity contribution in [1.82, 2.24) is 4.31 Å². The first-order valence-corrected chi connectivity index (χ1v) is 6.93. The molecule has 106 valence electrons. The average molecular weight is 291 g/mol. The predicted molar refractivity (Wildman–Crippen MR) is 69.0 cm³/mol. The molecule has 1 rings (SSSR count). The van der Waals surface area contributed by atoms with Gasteiger partial charge in [-0.05, 0) is 6.07 Å². The summed E-state index contributed by atoms with van der Waals surface area (Å²) in [4.78, 5) is 9.71. The summed E-state index contributed by atoms with van der Waals surface area (Å²) in [5, 5.41) is 13.0. The minimum atomic E-state index is -3.36. The van der Waals surface area contributed by atoms with Crippen LogP contribution in [0.5, 0.6) is 0 Å². The quantitative estimate of drug-likeness (QED) is 0.624. The fourth-order valence-electron chi connectivity index (χ4n) is 1.26. The number of rotatable bonds is 6. The Hall–Kier alpha value is -1.74. The molecule has 19 heavy (non-hydrogen) atoms. The average Bonchev–Trinajstić information content (AvgIpc) is 2.30. The molecule has 0 bridgehead atoms. The summed E-state index contributed by atoms with van der Waals surface area (Å²) in [7, 11) is -0.554. The third-order valence-electron chi connectivity index (χ3n) is 2.40. The molecule has 0 saturated heterocycles. The number of anilines is 1. The number of nitrogens with one attached hydrogen (secondary N) is 1. The number of nitro benzene ring substituents is 1. The van der Waals surface area contributed by atoms with Gasteiger partial charge in [-0.25, -0.2) is 17.1 Å². The number of nitro groups is 1. The van der Waals surface area contributed by atoms with Gasteiger partial charge in [0.15, 0.2) is 5.82 Å². The molecule has 9 heteroatoms. The van der Waals surface area contributed by atoms with Crippen LogP contribution in [0.2, 0.25) is 0 Å². The predicted octanol–water partition coefficient (Wildman–Crippen LogP) is 1.04. The topological polar surface area (TPSA) is 92.6 Å². The minimum absolute atomic E-state index is 0.00917. The van der Waals surface area contributed by atoms with Crippen molar-refractivity contribution < 1.29 is 17.7 Å². The zero-order valence-corrected chi connectivity index (χ0v) is 11.3. The summed E-state index contributed by atoms with van der Waals surface area (Å²) in [6, 6.07) is 3.13. The number of hydrogen-bond acceptors (Lipinski definition) is 5. The van der Waals surface area contributed by atoms with E-state index in [0.29, 0.717) is 0 Å². The van der Waals surface area contributed by atoms with Gasteiger partial charge >= 0.3 is 0 Å². The van der Waals surface area contributed by atoms with E-state index in [2.05, 4.69) is 5.32 Å². The molecular formula is C10H14FN3O4S. The van der Waals surface area contributed by atoms with Gasteiger partial charge in [-0.1, -0.05) is 0 Å². The van der Waals surface area contributed by atoms with E-state index < -0.39 is 20.8 Å². The number of nitrogens with zero attached hydrogens (tertiary/aromatic N) is 2. The molecule has 1 aromatic rings. The van der Waals surface area contributed by atoms with Crippen LogP contribution in [-0.4, -0.2) is 44.0 Å². The molecule has 0 radical (unpaired) electrons. The summed E-state index contributed by atoms with van der Waals surface area (Å²) in [6.07, 6.45) is 0. The molecular weight excluding hydrogens is 277 g/mol. The first kappa shape index (κ1) is 15.3. The van der Waals surface area contributed by atoms with E-state index in [4.69, 9.17) is 0 Å². The second-order valence-electron chi connectivity index (χ2n) is 3.95. The summed E-state index contributed by atoms with van der Waals surface area (Å²) in [5.74, 6) is -0.993. The molecule has 0 aliphatic carbocycles. The van der Waals surface area contributed by atoms with Crippen LogP contribution >= 0.6 is 0 Å². The first-order valence-electron chi connectivity index (χ1n) is 5.32. The smallest absolute Gasteiger partial charge is 0.272 e. The summed E-state index contributed by atoms with van der Waals surface area (Å²) in [5.41, 5.74) is -0.330. The van der Waals surface area contributed by atoms with Crippen LogP contribution in [0.3, 0.4) is 0 Å². The molecule has 0 spiro atoms. The van der Waals surface area contributed by atoms with Crippen molar-refractivity contribution in [2.24, 2.45) is 0 Å². The van der Waals surface area contributed by atoms with E-state index in [1.54, 1.807) is 0 Å². The lowest BCUT2D eigenvalue weighted by atomic mass is 10.2. The van der Waals surface area contributed by atoms with Crippen molar-refractivity contribution in [3.05, 3.63) is 34.1 Å². The fraction of sp³-hybridized carbons (Fsp3) is 0.400. The zero-order chi connectivity index (χ0) is 14.6. The highest BCUT2D eigenvalue weighted by Gasteiger charge is 2.14. The van der Waals surface area contributed by atoms with Crippen LogP contribution in [0, 0.1) is 15.9 Å². The van der Waals surface area contributed by atoms with Gasteiger partial charge in [-0.15, -0.1) is 0 Å². The van der Waals surface area contributed by atoms with Crippen molar-refractivity contribution >= 4 is 21.4 Å². The highest BCUT2D eigenvalue weighted by molar-refractivity contribution is 7.89. The molecule has 0 aliphatic rings. The summed E-state index contributed by atoms with van der Waals surface area (Å²) >= 11 is 0. The number of sulfonamides is 1. The molecule has 0 aromatic heterocycles. The van der Waals surface area contributed by atoms with Crippen molar-refractivity contribution in [2.45, 2.75) is 0 Å². The number of hydrogen-bond donors (Lipinski definition) is 1. The Balaban J connectivity index is 2.67. The maximum atomic E-state index is 13.5. The lowest BCUT2D eigenvalue weighted by molar-refractivity contribution is -0.385. The highest BCUT2D eigenvalue weighted by Crippen LogP contribution is 2.20. The Bertz CT molecular complexity index is 574. The van der Waals surface area contributed by atoms with Crippen molar-refractivity contribution in [3.8, 4) is 0 Å². The Labute approximate surface area is 110 Å². The van der Waals surface area contributed by atoms with Crippen molar-refractivity contribution in [1.29, 1.82) is 0 Å². The Kier molecular flexibility index (Phi) is 4.78. The summed E-state index contributed by atoms with van der Waals surface area (Å²) < 4.78 is 37.4. The van der Waals surface area contributed by atoms with Crippen LogP contribution in [0.1, 0.15) is 0 Å². The molecule has 0 atom stereocenters. The van der Waals surface area contributed by atoms with Crippen LogP contribution in [0.15, 0.2) is 18.2 Å². The van der Waals surface area contributed by atoms with E-state index in [1.807, 2.05) is 0 Å². The normalized spacial score (nSPS) is 11.6. The van der Waals surface area contributed by atoms with E-state index in [9.17, 15) is 22.9 Å². The second-order valence-corrected chi connectivity index (χ2v) is 6.25. The molecule has 0 unspecified atom stereocenters. The van der Waals surface area contributed by atoms with Gasteiger partial charge in [0, 0.05) is 26.7 Å². The fourth-order valence-corrected chi connectivity index (χ4v) is 1.98. The Morgan fingerprint density at radius 3 is 2.53 bits per heavy atom. The van der Waals surface area contributed by atoms with E-state index >= 15 is 0 Å². The van der Waals surface area contributed by atoms with Gasteiger partial charge in [0.05, 0.1) is 22.4 Å². The van der Waals surface area contributed by atoms with Crippen molar-refractivity contribution in [2.75, 3.05) is 31.7 Å². The maximum Gasteiger partial charge on any atom is 0.272 e. The Morgan fingerprint density at radius 1 is 1.42 bits per heavy atom. The molecule has 7 nitrogen and oxygen atoms in total. The lowest BCUT2D eigenvalue weighted by Gasteiger charge is -2.12. The van der Waals surface area contributed by atoms with E-state index in [0.717, 1.165) is 16.4 Å². The molecule has 1 N–H and O–H groups in total. The van der Waals surface area contributed by atoms with Crippen molar-refractivity contribution in [3.63, 3.8) is 0 Å². The van der Waals surface area contributed by atoms with E-state index in [1.165, 1.54) is 20.2 Å². The van der Waals surface area contributed by atoms with Gasteiger partial charge in [0.25, 0.3) is 5.69 Å². The molecule has 0 saturated carbocycles. The van der Waals surface area contributed by atoms with Crippen LogP contribution < -0.4 is 5.32 Å². The third kappa shape index (κ3) is 4.14. The standard InChI is InChI=1S/C10H14FN3O4S/c1-13(2)19(17,18)6-5-12-10-4-3-8(14(15)16)7-9(10)11/h3-4,7,12H,5-6H2,1-2H3. The van der Waals surface area contributed by atoms with Gasteiger partial charge in [0.1, 0.15) is 0 Å². The lowest BCUT2D eigenvalue weighted by Crippen LogP contribution is -2.28. The van der Waals surface area contributed by atoms with Gasteiger partial charge in [-0.2, -0.15) is 0 Å². The third-order valence-corrected chi connectivity index (χ3v) is 4.23. The maximum absolute atomic E-state index is 13.5. The molecule has 0 heterocycles. The number of benzene rings is 1. The molecule has 0 amide bonds. The largest absolute Gasteiger partial charge is 0.382 e. The van der Waals surface area contributed by atoms with E-state index in [-0.39, 0.29) is 23.7 Å². The van der Waals surface area contributed by atoms with Gasteiger partial charge < -0.3 is 5.32 Å². The SMILES string of the molecule is CN(C)S(=O)(=O)CCNc1ccc([N+](=O)[O-])cc1F. The number of halogens is 1. The number of non-ortho nitro benzene ring substituents is 1. The molecule has 0 fully saturated rings. The van der Waals surface area contributed by atoms with Gasteiger partial charge in [0.2, 0.25) is 10.0 Å². The monoisotopic (exact) mass is 291 g/mol. The zero-order valence-electron chi connectivity index (χ0n) is 10.5. The minimum Gasteiger partial charge on any atom is -0.382 e. The highest BCUT2D eigenvalue weighted by atomic mass is 32.2. The molecule has 0 aliphatic heterocycles. The first-order chi connectivity index (χ1) is 8.74. The Morgan fingerprint density at radius 2 is 2.05 bits per heavy atom. The van der Waals surface area contributed by atoms with Gasteiger partial charge in [-0.3, -0.25) is 10.1 Å². The molecule has 1 aromatic carbocycles. The van der Waals surface area contributed by atoms with Crippen LogP contribution in [-0.2, 0) is 10.0 Å².